The van der Waals surface area contributed by atoms with E-state index in [4.69, 9.17) is 0 Å². The second kappa shape index (κ2) is 6.18. The summed E-state index contributed by atoms with van der Waals surface area (Å²) in [7, 11) is 1.73. The molecule has 0 N–H and O–H groups in total. The minimum absolute atomic E-state index is 0.0664. The average molecular weight is 352 g/mol. The highest BCUT2D eigenvalue weighted by molar-refractivity contribution is 8.18. The smallest absolute Gasteiger partial charge is 0.266 e. The lowest BCUT2D eigenvalue weighted by Crippen LogP contribution is -2.23. The molecule has 0 radical (unpaired) electrons. The van der Waals surface area contributed by atoms with E-state index in [0.717, 1.165) is 16.5 Å². The molecule has 3 aromatic rings. The van der Waals surface area contributed by atoms with Gasteiger partial charge >= 0.3 is 0 Å². The van der Waals surface area contributed by atoms with Gasteiger partial charge in [-0.3, -0.25) is 14.7 Å². The van der Waals surface area contributed by atoms with E-state index < -0.39 is 0 Å². The average Bonchev–Trinajstić information content (AvgIpc) is 3.20. The number of carbonyl (C=O) groups is 1. The van der Waals surface area contributed by atoms with E-state index in [0.29, 0.717) is 15.2 Å². The van der Waals surface area contributed by atoms with E-state index >= 15 is 0 Å². The van der Waals surface area contributed by atoms with E-state index in [2.05, 4.69) is 15.0 Å². The highest BCUT2D eigenvalue weighted by Gasteiger charge is 2.30. The summed E-state index contributed by atoms with van der Waals surface area (Å²) in [5, 5.41) is 4.19. The summed E-state index contributed by atoms with van der Waals surface area (Å²) in [6.45, 7) is 0. The third-order valence-electron chi connectivity index (χ3n) is 3.56. The third-order valence-corrected chi connectivity index (χ3v) is 5.29. The van der Waals surface area contributed by atoms with Crippen molar-refractivity contribution < 1.29 is 4.79 Å². The van der Waals surface area contributed by atoms with Gasteiger partial charge in [-0.1, -0.05) is 24.3 Å². The zero-order chi connectivity index (χ0) is 16.5. The highest BCUT2D eigenvalue weighted by Crippen LogP contribution is 2.34. The second-order valence-corrected chi connectivity index (χ2v) is 6.99. The first kappa shape index (κ1) is 15.0. The van der Waals surface area contributed by atoms with Crippen molar-refractivity contribution in [3.8, 4) is 0 Å². The highest BCUT2D eigenvalue weighted by atomic mass is 32.2. The van der Waals surface area contributed by atoms with E-state index in [1.165, 1.54) is 23.1 Å². The number of nitrogens with zero attached hydrogens (tertiary/aromatic N) is 4. The van der Waals surface area contributed by atoms with Crippen LogP contribution in [0.4, 0.5) is 5.13 Å². The van der Waals surface area contributed by atoms with Crippen LogP contribution < -0.4 is 0 Å². The Bertz CT molecular complexity index is 974. The number of thioether (sulfide) groups is 1. The van der Waals surface area contributed by atoms with E-state index in [9.17, 15) is 4.79 Å². The fourth-order valence-corrected chi connectivity index (χ4v) is 3.91. The van der Waals surface area contributed by atoms with Crippen molar-refractivity contribution in [1.82, 2.24) is 14.9 Å². The van der Waals surface area contributed by atoms with Gasteiger partial charge < -0.3 is 0 Å². The predicted octanol–water partition coefficient (Wildman–Crippen LogP) is 3.93. The molecule has 0 spiro atoms. The summed E-state index contributed by atoms with van der Waals surface area (Å²) in [4.78, 5) is 27.7. The number of rotatable bonds is 2. The number of likely N-dealkylation sites (N-methyl/N-ethyl adjacent to an activating group) is 1. The van der Waals surface area contributed by atoms with Crippen LogP contribution in [0.5, 0.6) is 0 Å². The third kappa shape index (κ3) is 2.72. The molecule has 118 valence electrons. The quantitative estimate of drug-likeness (QED) is 0.656. The number of hydrogen-bond acceptors (Lipinski definition) is 6. The van der Waals surface area contributed by atoms with Gasteiger partial charge in [0.25, 0.3) is 5.91 Å². The van der Waals surface area contributed by atoms with Gasteiger partial charge in [-0.25, -0.2) is 4.98 Å². The Morgan fingerprint density at radius 2 is 2.04 bits per heavy atom. The molecule has 0 atom stereocenters. The van der Waals surface area contributed by atoms with Crippen LogP contribution in [-0.2, 0) is 4.79 Å². The minimum Gasteiger partial charge on any atom is -0.289 e. The van der Waals surface area contributed by atoms with Gasteiger partial charge in [0.1, 0.15) is 0 Å². The minimum atomic E-state index is -0.0664. The molecule has 1 fully saturated rings. The van der Waals surface area contributed by atoms with Crippen molar-refractivity contribution in [2.75, 3.05) is 7.05 Å². The Labute approximate surface area is 146 Å². The van der Waals surface area contributed by atoms with Crippen molar-refractivity contribution in [3.63, 3.8) is 0 Å². The second-order valence-electron chi connectivity index (χ2n) is 5.11. The van der Waals surface area contributed by atoms with Crippen LogP contribution in [0.3, 0.4) is 0 Å². The number of carbonyl (C=O) groups excluding carboxylic acids is 1. The molecule has 3 heterocycles. The molecular weight excluding hydrogens is 340 g/mol. The van der Waals surface area contributed by atoms with Crippen molar-refractivity contribution in [3.05, 3.63) is 58.6 Å². The van der Waals surface area contributed by atoms with Crippen LogP contribution >= 0.6 is 23.1 Å². The van der Waals surface area contributed by atoms with Crippen LogP contribution in [0, 0.1) is 0 Å². The van der Waals surface area contributed by atoms with Crippen molar-refractivity contribution in [1.29, 1.82) is 0 Å². The molecule has 1 aromatic carbocycles. The number of para-hydroxylation sites is 1. The number of fused-ring (bicyclic) bond motifs is 1. The number of thiazole rings is 1. The summed E-state index contributed by atoms with van der Waals surface area (Å²) >= 11 is 2.80. The monoisotopic (exact) mass is 352 g/mol. The number of amidine groups is 1. The first-order valence-electron chi connectivity index (χ1n) is 7.22. The largest absolute Gasteiger partial charge is 0.289 e. The van der Waals surface area contributed by atoms with Gasteiger partial charge in [0.05, 0.1) is 10.4 Å². The molecule has 1 aliphatic rings. The molecule has 5 nitrogen and oxygen atoms in total. The Morgan fingerprint density at radius 3 is 2.88 bits per heavy atom. The van der Waals surface area contributed by atoms with Gasteiger partial charge in [0, 0.05) is 35.8 Å². The lowest BCUT2D eigenvalue weighted by atomic mass is 10.1. The van der Waals surface area contributed by atoms with Gasteiger partial charge in [0.15, 0.2) is 5.17 Å². The molecule has 2 aromatic heterocycles. The summed E-state index contributed by atoms with van der Waals surface area (Å²) < 4.78 is 0. The molecular formula is C17H12N4OS2. The SMILES string of the molecule is CN1C(=O)/C(=C/c2cccc3cccnc23)S/C1=N/c1nccs1. The van der Waals surface area contributed by atoms with Crippen molar-refractivity contribution in [2.45, 2.75) is 0 Å². The molecule has 0 saturated carbocycles. The predicted molar refractivity (Wildman–Crippen MR) is 99.3 cm³/mol. The maximum Gasteiger partial charge on any atom is 0.266 e. The first-order valence-corrected chi connectivity index (χ1v) is 8.91. The van der Waals surface area contributed by atoms with Gasteiger partial charge in [-0.2, -0.15) is 4.99 Å². The van der Waals surface area contributed by atoms with E-state index in [-0.39, 0.29) is 5.91 Å². The summed E-state index contributed by atoms with van der Waals surface area (Å²) in [6.07, 6.45) is 5.34. The molecule has 0 unspecified atom stereocenters. The van der Waals surface area contributed by atoms with Crippen molar-refractivity contribution in [2.24, 2.45) is 4.99 Å². The molecule has 0 aliphatic carbocycles. The fourth-order valence-electron chi connectivity index (χ4n) is 2.39. The number of hydrogen-bond donors (Lipinski definition) is 0. The Hall–Kier alpha value is -2.51. The van der Waals surface area contributed by atoms with Gasteiger partial charge in [0.2, 0.25) is 5.13 Å². The molecule has 24 heavy (non-hydrogen) atoms. The molecule has 0 bridgehead atoms. The maximum absolute atomic E-state index is 12.5. The molecule has 4 rings (SSSR count). The molecule has 1 amide bonds. The van der Waals surface area contributed by atoms with Gasteiger partial charge in [-0.15, -0.1) is 11.3 Å². The summed E-state index contributed by atoms with van der Waals surface area (Å²) in [6, 6.07) is 9.85. The Morgan fingerprint density at radius 1 is 1.17 bits per heavy atom. The fraction of sp³-hybridized carbons (Fsp3) is 0.0588. The Balaban J connectivity index is 1.74. The van der Waals surface area contributed by atoms with E-state index in [1.54, 1.807) is 24.3 Å². The first-order chi connectivity index (χ1) is 11.7. The zero-order valence-electron chi connectivity index (χ0n) is 12.7. The van der Waals surface area contributed by atoms with E-state index in [1.807, 2.05) is 41.8 Å². The zero-order valence-corrected chi connectivity index (χ0v) is 14.3. The topological polar surface area (TPSA) is 58.5 Å². The summed E-state index contributed by atoms with van der Waals surface area (Å²) in [5.41, 5.74) is 1.81. The lowest BCUT2D eigenvalue weighted by molar-refractivity contribution is -0.121. The van der Waals surface area contributed by atoms with Crippen LogP contribution in [0.25, 0.3) is 17.0 Å². The summed E-state index contributed by atoms with van der Waals surface area (Å²) in [5.74, 6) is -0.0664. The number of amides is 1. The standard InChI is InChI=1S/C17H12N4OS2/c1-21-15(22)13(24-17(21)20-16-19-8-9-23-16)10-12-5-2-4-11-6-3-7-18-14(11)12/h2-10H,1H3/b13-10-,20-17+. The molecule has 7 heteroatoms. The molecule has 1 aliphatic heterocycles. The lowest BCUT2D eigenvalue weighted by Gasteiger charge is -2.05. The van der Waals surface area contributed by atoms with Crippen LogP contribution in [0.15, 0.2) is 58.0 Å². The van der Waals surface area contributed by atoms with Crippen molar-refractivity contribution >= 4 is 56.3 Å². The van der Waals surface area contributed by atoms with Crippen LogP contribution in [0.1, 0.15) is 5.56 Å². The number of pyridine rings is 1. The molecule has 1 saturated heterocycles. The Kier molecular flexibility index (Phi) is 3.87. The van der Waals surface area contributed by atoms with Gasteiger partial charge in [-0.05, 0) is 23.9 Å². The number of aliphatic imine (C=N–C) groups is 1. The number of aromatic nitrogens is 2. The van der Waals surface area contributed by atoms with Crippen LogP contribution in [0.2, 0.25) is 0 Å². The maximum atomic E-state index is 12.5. The number of benzene rings is 1. The van der Waals surface area contributed by atoms with Crippen LogP contribution in [-0.4, -0.2) is 33.0 Å². The normalized spacial score (nSPS) is 18.2.